The fourth-order valence-corrected chi connectivity index (χ4v) is 3.39. The van der Waals surface area contributed by atoms with Crippen LogP contribution in [0.15, 0.2) is 12.1 Å². The first-order valence-corrected chi connectivity index (χ1v) is 7.28. The van der Waals surface area contributed by atoms with E-state index in [2.05, 4.69) is 50.2 Å². The van der Waals surface area contributed by atoms with E-state index in [1.165, 1.54) is 22.7 Å². The Kier molecular flexibility index (Phi) is 5.66. The lowest BCUT2D eigenvalue weighted by Crippen LogP contribution is -2.32. The van der Waals surface area contributed by atoms with Crippen molar-refractivity contribution in [3.05, 3.63) is 21.9 Å². The Morgan fingerprint density at radius 2 is 2.11 bits per heavy atom. The number of hydrogen-bond donors (Lipinski definition) is 1. The van der Waals surface area contributed by atoms with Crippen LogP contribution in [0.2, 0.25) is 0 Å². The molecule has 0 aromatic carbocycles. The van der Waals surface area contributed by atoms with Crippen molar-refractivity contribution in [3.8, 4) is 0 Å². The molecule has 1 aliphatic heterocycles. The van der Waals surface area contributed by atoms with Gasteiger partial charge in [0.1, 0.15) is 0 Å². The lowest BCUT2D eigenvalue weighted by Gasteiger charge is -2.22. The van der Waals surface area contributed by atoms with Gasteiger partial charge in [-0.25, -0.2) is 0 Å². The van der Waals surface area contributed by atoms with Crippen molar-refractivity contribution in [3.63, 3.8) is 0 Å². The van der Waals surface area contributed by atoms with Crippen LogP contribution in [-0.4, -0.2) is 31.1 Å². The van der Waals surface area contributed by atoms with Crippen molar-refractivity contribution < 1.29 is 0 Å². The van der Waals surface area contributed by atoms with Gasteiger partial charge in [-0.1, -0.05) is 20.8 Å². The van der Waals surface area contributed by atoms with E-state index in [4.69, 9.17) is 0 Å². The van der Waals surface area contributed by atoms with Crippen LogP contribution in [0.1, 0.15) is 36.9 Å². The molecule has 2 nitrogen and oxygen atoms in total. The SMILES string of the molecule is CN(Cc1ccc(C(C)(C)C)s1)C1CCNC1.Cl. The summed E-state index contributed by atoms with van der Waals surface area (Å²) in [6.07, 6.45) is 1.29. The molecule has 1 atom stereocenters. The lowest BCUT2D eigenvalue weighted by atomic mass is 9.95. The summed E-state index contributed by atoms with van der Waals surface area (Å²) in [6.45, 7) is 10.3. The first kappa shape index (κ1) is 16.0. The number of hydrogen-bond acceptors (Lipinski definition) is 3. The van der Waals surface area contributed by atoms with Gasteiger partial charge in [-0.2, -0.15) is 0 Å². The van der Waals surface area contributed by atoms with E-state index in [1.54, 1.807) is 0 Å². The van der Waals surface area contributed by atoms with Crippen LogP contribution < -0.4 is 5.32 Å². The first-order chi connectivity index (χ1) is 7.97. The number of likely N-dealkylation sites (N-methyl/N-ethyl adjacent to an activating group) is 1. The molecule has 1 aromatic heterocycles. The minimum Gasteiger partial charge on any atom is -0.315 e. The predicted octanol–water partition coefficient (Wildman–Crippen LogP) is 3.26. The highest BCUT2D eigenvalue weighted by Crippen LogP contribution is 2.30. The van der Waals surface area contributed by atoms with Crippen LogP contribution in [-0.2, 0) is 12.0 Å². The van der Waals surface area contributed by atoms with Gasteiger partial charge in [0.15, 0.2) is 0 Å². The number of rotatable bonds is 3. The summed E-state index contributed by atoms with van der Waals surface area (Å²) in [6, 6.07) is 5.31. The molecule has 4 heteroatoms. The van der Waals surface area contributed by atoms with Crippen molar-refractivity contribution in [1.82, 2.24) is 10.2 Å². The number of nitrogens with one attached hydrogen (secondary N) is 1. The zero-order chi connectivity index (χ0) is 12.5. The van der Waals surface area contributed by atoms with Gasteiger partial charge in [-0.3, -0.25) is 4.90 Å². The van der Waals surface area contributed by atoms with Crippen molar-refractivity contribution in [2.24, 2.45) is 0 Å². The minimum atomic E-state index is 0. The maximum atomic E-state index is 3.43. The van der Waals surface area contributed by atoms with Gasteiger partial charge in [0.25, 0.3) is 0 Å². The largest absolute Gasteiger partial charge is 0.315 e. The maximum Gasteiger partial charge on any atom is 0.0328 e. The van der Waals surface area contributed by atoms with E-state index in [-0.39, 0.29) is 17.8 Å². The van der Waals surface area contributed by atoms with Crippen molar-refractivity contribution in [2.45, 2.75) is 45.2 Å². The van der Waals surface area contributed by atoms with Crippen molar-refractivity contribution in [1.29, 1.82) is 0 Å². The lowest BCUT2D eigenvalue weighted by molar-refractivity contribution is 0.251. The molecule has 2 heterocycles. The van der Waals surface area contributed by atoms with E-state index >= 15 is 0 Å². The summed E-state index contributed by atoms with van der Waals surface area (Å²) in [7, 11) is 2.24. The van der Waals surface area contributed by atoms with Crippen molar-refractivity contribution in [2.75, 3.05) is 20.1 Å². The van der Waals surface area contributed by atoms with E-state index in [9.17, 15) is 0 Å². The molecule has 1 fully saturated rings. The molecule has 0 amide bonds. The Labute approximate surface area is 121 Å². The van der Waals surface area contributed by atoms with Crippen LogP contribution in [0.25, 0.3) is 0 Å². The smallest absolute Gasteiger partial charge is 0.0328 e. The number of thiophene rings is 1. The van der Waals surface area contributed by atoms with Crippen LogP contribution in [0.3, 0.4) is 0 Å². The fraction of sp³-hybridized carbons (Fsp3) is 0.714. The Bertz CT molecular complexity index is 364. The third-order valence-electron chi connectivity index (χ3n) is 3.46. The molecule has 1 saturated heterocycles. The zero-order valence-electron chi connectivity index (χ0n) is 11.8. The summed E-state index contributed by atoms with van der Waals surface area (Å²) in [4.78, 5) is 5.47. The van der Waals surface area contributed by atoms with Crippen LogP contribution in [0.4, 0.5) is 0 Å². The summed E-state index contributed by atoms with van der Waals surface area (Å²) >= 11 is 1.96. The summed E-state index contributed by atoms with van der Waals surface area (Å²) in [5.74, 6) is 0. The summed E-state index contributed by atoms with van der Waals surface area (Å²) in [5, 5.41) is 3.43. The van der Waals surface area contributed by atoms with Gasteiger partial charge in [0.2, 0.25) is 0 Å². The molecule has 0 aliphatic carbocycles. The number of halogens is 1. The molecule has 1 unspecified atom stereocenters. The highest BCUT2D eigenvalue weighted by molar-refractivity contribution is 7.12. The molecular weight excluding hydrogens is 264 g/mol. The van der Waals surface area contributed by atoms with Gasteiger partial charge in [0.05, 0.1) is 0 Å². The minimum absolute atomic E-state index is 0. The van der Waals surface area contributed by atoms with E-state index < -0.39 is 0 Å². The first-order valence-electron chi connectivity index (χ1n) is 6.47. The summed E-state index contributed by atoms with van der Waals surface area (Å²) < 4.78 is 0. The highest BCUT2D eigenvalue weighted by Gasteiger charge is 2.21. The van der Waals surface area contributed by atoms with E-state index in [0.717, 1.165) is 19.1 Å². The van der Waals surface area contributed by atoms with Gasteiger partial charge in [0, 0.05) is 28.9 Å². The molecule has 2 rings (SSSR count). The van der Waals surface area contributed by atoms with Gasteiger partial charge in [-0.05, 0) is 37.6 Å². The van der Waals surface area contributed by atoms with Gasteiger partial charge >= 0.3 is 0 Å². The molecule has 1 aromatic rings. The molecule has 1 aliphatic rings. The molecule has 0 spiro atoms. The van der Waals surface area contributed by atoms with Gasteiger partial charge < -0.3 is 5.32 Å². The molecule has 104 valence electrons. The molecular formula is C14H25ClN2S. The average Bonchev–Trinajstić information content (AvgIpc) is 2.85. The second-order valence-electron chi connectivity index (χ2n) is 6.08. The van der Waals surface area contributed by atoms with E-state index in [0.29, 0.717) is 0 Å². The quantitative estimate of drug-likeness (QED) is 0.918. The summed E-state index contributed by atoms with van der Waals surface area (Å²) in [5.41, 5.74) is 0.288. The molecule has 0 saturated carbocycles. The van der Waals surface area contributed by atoms with Crippen LogP contribution in [0.5, 0.6) is 0 Å². The fourth-order valence-electron chi connectivity index (χ4n) is 2.26. The third-order valence-corrected chi connectivity index (χ3v) is 4.96. The molecule has 0 bridgehead atoms. The predicted molar refractivity (Wildman–Crippen MR) is 83.0 cm³/mol. The Morgan fingerprint density at radius 1 is 1.39 bits per heavy atom. The monoisotopic (exact) mass is 288 g/mol. The molecule has 0 radical (unpaired) electrons. The van der Waals surface area contributed by atoms with Gasteiger partial charge in [-0.15, -0.1) is 23.7 Å². The molecule has 18 heavy (non-hydrogen) atoms. The Balaban J connectivity index is 0.00000162. The second kappa shape index (κ2) is 6.38. The highest BCUT2D eigenvalue weighted by atomic mass is 35.5. The zero-order valence-corrected chi connectivity index (χ0v) is 13.5. The topological polar surface area (TPSA) is 15.3 Å². The van der Waals surface area contributed by atoms with Crippen LogP contribution in [0, 0.1) is 0 Å². The third kappa shape index (κ3) is 3.95. The van der Waals surface area contributed by atoms with E-state index in [1.807, 2.05) is 11.3 Å². The van der Waals surface area contributed by atoms with Crippen LogP contribution >= 0.6 is 23.7 Å². The normalized spacial score (nSPS) is 20.2. The molecule has 1 N–H and O–H groups in total. The Hall–Kier alpha value is -0.0900. The maximum absolute atomic E-state index is 3.43. The standard InChI is InChI=1S/C14H24N2S.ClH/c1-14(2,3)13-6-5-12(17-13)10-16(4)11-7-8-15-9-11;/h5-6,11,15H,7-10H2,1-4H3;1H. The average molecular weight is 289 g/mol. The van der Waals surface area contributed by atoms with Crippen molar-refractivity contribution >= 4 is 23.7 Å². The Morgan fingerprint density at radius 3 is 2.61 bits per heavy atom. The second-order valence-corrected chi connectivity index (χ2v) is 7.25. The number of nitrogens with zero attached hydrogens (tertiary/aromatic N) is 1.